The normalized spacial score (nSPS) is 14.4. The van der Waals surface area contributed by atoms with Crippen molar-refractivity contribution in [3.8, 4) is 22.9 Å². The number of nitrogens with zero attached hydrogens (tertiary/aromatic N) is 2. The van der Waals surface area contributed by atoms with E-state index in [1.54, 1.807) is 12.1 Å². The molecular weight excluding hydrogens is 320 g/mol. The maximum atomic E-state index is 10.00. The highest BCUT2D eigenvalue weighted by molar-refractivity contribution is 5.84. The molecule has 1 aliphatic rings. The van der Waals surface area contributed by atoms with Gasteiger partial charge in [0.15, 0.2) is 16.8 Å². The second-order valence-electron chi connectivity index (χ2n) is 6.26. The molecule has 4 aromatic rings. The Labute approximate surface area is 142 Å². The van der Waals surface area contributed by atoms with Crippen molar-refractivity contribution < 1.29 is 18.8 Å². The van der Waals surface area contributed by atoms with Crippen LogP contribution in [0.4, 0.5) is 6.01 Å². The van der Waals surface area contributed by atoms with E-state index in [2.05, 4.69) is 14.5 Å². The quantitative estimate of drug-likeness (QED) is 0.464. The lowest BCUT2D eigenvalue weighted by Crippen LogP contribution is -2.36. The monoisotopic (exact) mass is 337 g/mol. The van der Waals surface area contributed by atoms with Crippen molar-refractivity contribution >= 4 is 28.1 Å². The van der Waals surface area contributed by atoms with Crippen LogP contribution in [0.1, 0.15) is 12.8 Å². The Morgan fingerprint density at radius 3 is 3.04 bits per heavy atom. The summed E-state index contributed by atoms with van der Waals surface area (Å²) >= 11 is 0. The van der Waals surface area contributed by atoms with Gasteiger partial charge in [-0.25, -0.2) is 9.55 Å². The number of H-pyrrole nitrogens is 1. The third kappa shape index (κ3) is 2.20. The molecule has 0 atom stereocenters. The Hall–Kier alpha value is -3.22. The summed E-state index contributed by atoms with van der Waals surface area (Å²) in [5.74, 6) is 1.82. The van der Waals surface area contributed by atoms with Gasteiger partial charge in [0.2, 0.25) is 5.52 Å². The van der Waals surface area contributed by atoms with Crippen LogP contribution in [-0.2, 0) is 6.54 Å². The number of hydrogen-bond acceptors (Lipinski definition) is 5. The van der Waals surface area contributed by atoms with Crippen LogP contribution in [-0.4, -0.2) is 21.7 Å². The molecule has 7 heteroatoms. The van der Waals surface area contributed by atoms with Gasteiger partial charge in [0, 0.05) is 12.1 Å². The molecule has 0 saturated heterocycles. The van der Waals surface area contributed by atoms with Crippen molar-refractivity contribution in [3.05, 3.63) is 30.3 Å². The number of fused-ring (bicyclic) bond motifs is 1. The molecule has 1 aliphatic heterocycles. The van der Waals surface area contributed by atoms with Crippen LogP contribution in [0, 0.1) is 0 Å². The Balaban J connectivity index is 1.78. The molecule has 0 radical (unpaired) electrons. The highest BCUT2D eigenvalue weighted by Crippen LogP contribution is 2.32. The number of phenols is 1. The van der Waals surface area contributed by atoms with E-state index in [1.807, 2.05) is 18.2 Å². The molecule has 0 unspecified atom stereocenters. The number of oxazole rings is 1. The van der Waals surface area contributed by atoms with E-state index < -0.39 is 0 Å². The second-order valence-corrected chi connectivity index (χ2v) is 6.26. The molecule has 0 fully saturated rings. The van der Waals surface area contributed by atoms with Gasteiger partial charge in [0.1, 0.15) is 11.3 Å². The number of benzene rings is 2. The number of hydrogen-bond donors (Lipinski definition) is 3. The minimum atomic E-state index is 0.159. The topological polar surface area (TPSA) is 101 Å². The summed E-state index contributed by atoms with van der Waals surface area (Å²) in [5, 5.41) is 10.00. The van der Waals surface area contributed by atoms with E-state index >= 15 is 0 Å². The lowest BCUT2D eigenvalue weighted by atomic mass is 10.2. The molecule has 7 nitrogen and oxygen atoms in total. The zero-order chi connectivity index (χ0) is 17.0. The number of imidazole rings is 1. The largest absolute Gasteiger partial charge is 0.508 e. The number of rotatable bonds is 1. The number of anilines is 1. The predicted octanol–water partition coefficient (Wildman–Crippen LogP) is 2.72. The molecule has 5 rings (SSSR count). The molecular formula is C18H17N4O3+. The first-order valence-corrected chi connectivity index (χ1v) is 8.27. The van der Waals surface area contributed by atoms with E-state index in [0.29, 0.717) is 23.5 Å². The highest BCUT2D eigenvalue weighted by atomic mass is 16.5. The summed E-state index contributed by atoms with van der Waals surface area (Å²) < 4.78 is 13.4. The number of aromatic nitrogens is 3. The van der Waals surface area contributed by atoms with Crippen molar-refractivity contribution in [1.29, 1.82) is 0 Å². The van der Waals surface area contributed by atoms with Crippen molar-refractivity contribution in [1.82, 2.24) is 9.97 Å². The van der Waals surface area contributed by atoms with Gasteiger partial charge in [-0.3, -0.25) is 0 Å². The fraction of sp³-hybridized carbons (Fsp3) is 0.222. The van der Waals surface area contributed by atoms with E-state index in [1.165, 1.54) is 0 Å². The Morgan fingerprint density at radius 2 is 2.12 bits per heavy atom. The van der Waals surface area contributed by atoms with Crippen molar-refractivity contribution in [3.63, 3.8) is 0 Å². The number of nitrogens with two attached hydrogens (primary N) is 1. The van der Waals surface area contributed by atoms with Gasteiger partial charge < -0.3 is 20.0 Å². The fourth-order valence-corrected chi connectivity index (χ4v) is 3.48. The minimum absolute atomic E-state index is 0.159. The summed E-state index contributed by atoms with van der Waals surface area (Å²) in [6, 6.07) is 9.33. The maximum Gasteiger partial charge on any atom is 0.292 e. The standard InChI is InChI=1S/C18H16N4O3/c19-18-21-12-7-10(3-4-14(12)25-18)17-20-13-8-11(23)9-15-16(13)22(17)5-1-2-6-24-15/h3-4,7-9H,1-2,5-6H2,(H3,19,21,23)/p+1. The second kappa shape index (κ2) is 5.14. The van der Waals surface area contributed by atoms with Crippen molar-refractivity contribution in [2.24, 2.45) is 0 Å². The van der Waals surface area contributed by atoms with Crippen LogP contribution in [0.25, 0.3) is 33.5 Å². The number of nitrogen functional groups attached to an aromatic ring is 1. The van der Waals surface area contributed by atoms with Crippen LogP contribution < -0.4 is 15.0 Å². The summed E-state index contributed by atoms with van der Waals surface area (Å²) in [6.45, 7) is 1.53. The molecule has 0 spiro atoms. The van der Waals surface area contributed by atoms with Gasteiger partial charge in [-0.05, 0) is 31.0 Å². The van der Waals surface area contributed by atoms with Gasteiger partial charge in [0.25, 0.3) is 11.8 Å². The first kappa shape index (κ1) is 14.2. The molecule has 2 aromatic heterocycles. The number of aromatic amines is 1. The molecule has 0 bridgehead atoms. The van der Waals surface area contributed by atoms with Crippen LogP contribution in [0.3, 0.4) is 0 Å². The number of nitrogens with one attached hydrogen (secondary N) is 1. The predicted molar refractivity (Wildman–Crippen MR) is 92.3 cm³/mol. The Kier molecular flexibility index (Phi) is 2.91. The van der Waals surface area contributed by atoms with E-state index in [-0.39, 0.29) is 11.8 Å². The van der Waals surface area contributed by atoms with Gasteiger partial charge >= 0.3 is 0 Å². The number of aromatic hydroxyl groups is 1. The molecule has 2 aromatic carbocycles. The number of ether oxygens (including phenoxy) is 1. The average Bonchev–Trinajstić information content (AvgIpc) is 3.10. The van der Waals surface area contributed by atoms with E-state index in [4.69, 9.17) is 14.9 Å². The van der Waals surface area contributed by atoms with Crippen molar-refractivity contribution in [2.45, 2.75) is 19.4 Å². The highest BCUT2D eigenvalue weighted by Gasteiger charge is 2.26. The SMILES string of the molecule is Nc1nc2cc(-c3[nH]c4cc(O)cc5c4[n+]3CCCCO5)ccc2o1. The summed E-state index contributed by atoms with van der Waals surface area (Å²) in [5.41, 5.74) is 9.80. The van der Waals surface area contributed by atoms with Crippen LogP contribution in [0.5, 0.6) is 11.5 Å². The van der Waals surface area contributed by atoms with Crippen LogP contribution in [0.2, 0.25) is 0 Å². The zero-order valence-electron chi connectivity index (χ0n) is 13.5. The van der Waals surface area contributed by atoms with E-state index in [0.717, 1.165) is 41.8 Å². The number of aryl methyl sites for hydroxylation is 1. The summed E-state index contributed by atoms with van der Waals surface area (Å²) in [4.78, 5) is 7.62. The van der Waals surface area contributed by atoms with Gasteiger partial charge in [-0.2, -0.15) is 4.98 Å². The molecule has 4 N–H and O–H groups in total. The first-order valence-electron chi connectivity index (χ1n) is 8.27. The minimum Gasteiger partial charge on any atom is -0.508 e. The van der Waals surface area contributed by atoms with Crippen molar-refractivity contribution in [2.75, 3.05) is 12.3 Å². The Bertz CT molecular complexity index is 1110. The van der Waals surface area contributed by atoms with Crippen LogP contribution >= 0.6 is 0 Å². The molecule has 0 saturated carbocycles. The lowest BCUT2D eigenvalue weighted by Gasteiger charge is -2.11. The lowest BCUT2D eigenvalue weighted by molar-refractivity contribution is -0.661. The fourth-order valence-electron chi connectivity index (χ4n) is 3.48. The third-order valence-electron chi connectivity index (χ3n) is 4.56. The third-order valence-corrected chi connectivity index (χ3v) is 4.56. The smallest absolute Gasteiger partial charge is 0.292 e. The van der Waals surface area contributed by atoms with E-state index in [9.17, 15) is 5.11 Å². The maximum absolute atomic E-state index is 10.00. The first-order chi connectivity index (χ1) is 12.2. The van der Waals surface area contributed by atoms with Gasteiger partial charge in [-0.1, -0.05) is 0 Å². The molecule has 0 aliphatic carbocycles. The Morgan fingerprint density at radius 1 is 1.20 bits per heavy atom. The average molecular weight is 337 g/mol. The van der Waals surface area contributed by atoms with Gasteiger partial charge in [0.05, 0.1) is 18.7 Å². The summed E-state index contributed by atoms with van der Waals surface area (Å²) in [6.07, 6.45) is 1.98. The molecule has 126 valence electrons. The summed E-state index contributed by atoms with van der Waals surface area (Å²) in [7, 11) is 0. The molecule has 0 amide bonds. The van der Waals surface area contributed by atoms with Gasteiger partial charge in [-0.15, -0.1) is 0 Å². The molecule has 25 heavy (non-hydrogen) atoms. The number of phenolic OH excluding ortho intramolecular Hbond substituents is 1. The molecule has 3 heterocycles. The van der Waals surface area contributed by atoms with Crippen LogP contribution in [0.15, 0.2) is 34.7 Å². The zero-order valence-corrected chi connectivity index (χ0v) is 13.5.